The van der Waals surface area contributed by atoms with Crippen molar-refractivity contribution < 1.29 is 0 Å². The van der Waals surface area contributed by atoms with Gasteiger partial charge in [0.1, 0.15) is 6.17 Å². The van der Waals surface area contributed by atoms with E-state index in [9.17, 15) is 0 Å². The number of fused-ring (bicyclic) bond motifs is 10. The monoisotopic (exact) mass is 748 g/mol. The molecule has 1 fully saturated rings. The molecule has 0 amide bonds. The molecule has 3 heterocycles. The Morgan fingerprint density at radius 2 is 1.21 bits per heavy atom. The number of aliphatic imine (C=N–C) groups is 1. The van der Waals surface area contributed by atoms with Crippen LogP contribution >= 0.6 is 11.3 Å². The van der Waals surface area contributed by atoms with Gasteiger partial charge in [-0.2, -0.15) is 5.01 Å². The minimum Gasteiger partial charge on any atom is -0.309 e. The maximum Gasteiger partial charge on any atom is 0.169 e. The van der Waals surface area contributed by atoms with Crippen LogP contribution in [-0.4, -0.2) is 15.8 Å². The molecule has 270 valence electrons. The quantitative estimate of drug-likeness (QED) is 0.130. The molecule has 57 heavy (non-hydrogen) atoms. The van der Waals surface area contributed by atoms with Crippen LogP contribution < -0.4 is 5.43 Å². The third-order valence-electron chi connectivity index (χ3n) is 12.1. The first kappa shape index (κ1) is 32.6. The summed E-state index contributed by atoms with van der Waals surface area (Å²) in [5, 5.41) is 7.40. The number of hydrogen-bond donors (Lipinski definition) is 1. The van der Waals surface area contributed by atoms with Gasteiger partial charge in [-0.1, -0.05) is 182 Å². The molecular formula is C52H36N4S. The zero-order chi connectivity index (χ0) is 37.5. The summed E-state index contributed by atoms with van der Waals surface area (Å²) in [7, 11) is 0. The van der Waals surface area contributed by atoms with Gasteiger partial charge in [0, 0.05) is 48.3 Å². The zero-order valence-electron chi connectivity index (χ0n) is 31.0. The Labute approximate surface area is 334 Å². The van der Waals surface area contributed by atoms with Crippen molar-refractivity contribution in [3.63, 3.8) is 0 Å². The molecule has 1 aliphatic heterocycles. The van der Waals surface area contributed by atoms with Gasteiger partial charge in [-0.3, -0.25) is 4.99 Å². The molecule has 0 radical (unpaired) electrons. The number of nitrogens with zero attached hydrogens (tertiary/aromatic N) is 3. The van der Waals surface area contributed by atoms with E-state index in [4.69, 9.17) is 4.99 Å². The summed E-state index contributed by atoms with van der Waals surface area (Å²) in [5.41, 5.74) is 15.7. The lowest BCUT2D eigenvalue weighted by Gasteiger charge is -2.34. The molecule has 0 saturated carbocycles. The van der Waals surface area contributed by atoms with Gasteiger partial charge < -0.3 is 4.57 Å². The van der Waals surface area contributed by atoms with E-state index in [0.29, 0.717) is 0 Å². The second-order valence-corrected chi connectivity index (χ2v) is 16.1. The molecule has 3 unspecified atom stereocenters. The Hall–Kier alpha value is -6.63. The van der Waals surface area contributed by atoms with E-state index in [1.165, 1.54) is 80.9 Å². The van der Waals surface area contributed by atoms with Gasteiger partial charge in [0.25, 0.3) is 0 Å². The van der Waals surface area contributed by atoms with Crippen molar-refractivity contribution in [2.75, 3.05) is 0 Å². The summed E-state index contributed by atoms with van der Waals surface area (Å²) in [5.74, 6) is 0. The second-order valence-electron chi connectivity index (χ2n) is 15.1. The van der Waals surface area contributed by atoms with Gasteiger partial charge in [0.15, 0.2) is 6.29 Å². The molecule has 1 aliphatic carbocycles. The van der Waals surface area contributed by atoms with Gasteiger partial charge in [0.2, 0.25) is 0 Å². The Morgan fingerprint density at radius 1 is 0.561 bits per heavy atom. The maximum absolute atomic E-state index is 5.43. The molecule has 5 heteroatoms. The highest BCUT2D eigenvalue weighted by Gasteiger charge is 2.50. The molecule has 10 aromatic rings. The van der Waals surface area contributed by atoms with Crippen LogP contribution in [-0.2, 0) is 5.41 Å². The predicted octanol–water partition coefficient (Wildman–Crippen LogP) is 12.6. The van der Waals surface area contributed by atoms with Crippen LogP contribution in [0.4, 0.5) is 0 Å². The number of aromatic nitrogens is 1. The summed E-state index contributed by atoms with van der Waals surface area (Å²) in [4.78, 5) is 5.43. The molecule has 12 rings (SSSR count). The maximum atomic E-state index is 5.43. The third kappa shape index (κ3) is 4.77. The highest BCUT2D eigenvalue weighted by atomic mass is 32.1. The fraction of sp³-hybridized carbons (Fsp3) is 0.0577. The minimum absolute atomic E-state index is 0.158. The lowest BCUT2D eigenvalue weighted by molar-refractivity contribution is 0.351. The highest BCUT2D eigenvalue weighted by Crippen LogP contribution is 2.59. The average molecular weight is 749 g/mol. The molecule has 0 spiro atoms. The Morgan fingerprint density at radius 3 is 2.00 bits per heavy atom. The Kier molecular flexibility index (Phi) is 7.26. The number of rotatable bonds is 7. The van der Waals surface area contributed by atoms with Crippen LogP contribution in [0.2, 0.25) is 0 Å². The topological polar surface area (TPSA) is 42.2 Å². The van der Waals surface area contributed by atoms with Crippen LogP contribution in [0, 0.1) is 0 Å². The van der Waals surface area contributed by atoms with Crippen LogP contribution in [0.5, 0.6) is 0 Å². The van der Waals surface area contributed by atoms with Gasteiger partial charge in [-0.05, 0) is 45.5 Å². The molecule has 1 saturated heterocycles. The number of benzene rings is 8. The molecule has 1 N–H and O–H groups in total. The Bertz CT molecular complexity index is 3140. The van der Waals surface area contributed by atoms with Crippen molar-refractivity contribution in [2.45, 2.75) is 17.9 Å². The molecule has 3 atom stereocenters. The van der Waals surface area contributed by atoms with E-state index in [1.807, 2.05) is 17.6 Å². The summed E-state index contributed by atoms with van der Waals surface area (Å²) >= 11 is 1.86. The van der Waals surface area contributed by atoms with Gasteiger partial charge in [-0.15, -0.1) is 11.3 Å². The van der Waals surface area contributed by atoms with Crippen LogP contribution in [0.25, 0.3) is 53.1 Å². The van der Waals surface area contributed by atoms with Crippen molar-refractivity contribution in [1.29, 1.82) is 0 Å². The zero-order valence-corrected chi connectivity index (χ0v) is 31.8. The van der Waals surface area contributed by atoms with E-state index < -0.39 is 5.41 Å². The number of para-hydroxylation sites is 1. The smallest absolute Gasteiger partial charge is 0.169 e. The minimum atomic E-state index is -0.548. The lowest BCUT2D eigenvalue weighted by atomic mass is 9.67. The summed E-state index contributed by atoms with van der Waals surface area (Å²) in [6.07, 6.45) is 1.59. The van der Waals surface area contributed by atoms with Crippen molar-refractivity contribution in [3.8, 4) is 11.1 Å². The molecule has 0 bridgehead atoms. The number of hydrazine groups is 1. The second kappa shape index (κ2) is 12.7. The summed E-state index contributed by atoms with van der Waals surface area (Å²) < 4.78 is 5.12. The summed E-state index contributed by atoms with van der Waals surface area (Å²) in [6, 6.07) is 70.8. The molecular weight excluding hydrogens is 713 g/mol. The van der Waals surface area contributed by atoms with Crippen LogP contribution in [0.3, 0.4) is 0 Å². The van der Waals surface area contributed by atoms with Crippen molar-refractivity contribution in [2.24, 2.45) is 4.99 Å². The van der Waals surface area contributed by atoms with Crippen LogP contribution in [0.1, 0.15) is 45.8 Å². The fourth-order valence-electron chi connectivity index (χ4n) is 9.73. The first-order chi connectivity index (χ1) is 28.3. The number of hydrogen-bond acceptors (Lipinski definition) is 4. The third-order valence-corrected chi connectivity index (χ3v) is 13.4. The van der Waals surface area contributed by atoms with Gasteiger partial charge >= 0.3 is 0 Å². The average Bonchev–Trinajstić information content (AvgIpc) is 3.70. The van der Waals surface area contributed by atoms with E-state index in [2.05, 4.69) is 209 Å². The molecule has 4 nitrogen and oxygen atoms in total. The highest BCUT2D eigenvalue weighted by molar-refractivity contribution is 7.26. The van der Waals surface area contributed by atoms with E-state index in [-0.39, 0.29) is 12.5 Å². The SMILES string of the molecule is C(=N\C(c1cccc2c1sc1ccccc12)N1NC1n1c2ccccc2c2ccc3c(c21)C(c1ccccc1)(c1ccccc1)c1ccccc1-3)/c1ccccc1. The van der Waals surface area contributed by atoms with Crippen LogP contribution in [0.15, 0.2) is 199 Å². The van der Waals surface area contributed by atoms with Crippen molar-refractivity contribution in [1.82, 2.24) is 15.0 Å². The van der Waals surface area contributed by atoms with E-state index in [1.54, 1.807) is 0 Å². The van der Waals surface area contributed by atoms with Gasteiger partial charge in [0.05, 0.1) is 16.4 Å². The van der Waals surface area contributed by atoms with Crippen molar-refractivity contribution >= 4 is 59.5 Å². The normalized spacial score (nSPS) is 17.4. The first-order valence-corrected chi connectivity index (χ1v) is 20.4. The van der Waals surface area contributed by atoms with Crippen molar-refractivity contribution in [3.05, 3.63) is 228 Å². The van der Waals surface area contributed by atoms with E-state index in [0.717, 1.165) is 5.56 Å². The summed E-state index contributed by atoms with van der Waals surface area (Å²) in [6.45, 7) is 0. The number of nitrogens with one attached hydrogen (secondary N) is 1. The molecule has 2 aromatic heterocycles. The standard InChI is InChI=1S/C52H36N4S/c1-4-17-34(18-5-1)33-53-50(43-27-16-26-42-39-25-12-15-30-46(39)57-49(42)43)56-51(54-56)55-45-29-14-11-24-38(45)41-32-31-40-37-23-10-13-28-44(37)52(47(40)48(41)55,35-19-6-2-7-20-35)36-21-8-3-9-22-36/h1-33,50-51,54H/b53-33+. The molecule has 2 aliphatic rings. The van der Waals surface area contributed by atoms with E-state index >= 15 is 0 Å². The Balaban J connectivity index is 1.13. The lowest BCUT2D eigenvalue weighted by Crippen LogP contribution is -2.29. The molecule has 8 aromatic carbocycles. The first-order valence-electron chi connectivity index (χ1n) is 19.6. The number of thiophene rings is 1. The predicted molar refractivity (Wildman–Crippen MR) is 237 cm³/mol. The fourth-order valence-corrected chi connectivity index (χ4v) is 11.0. The van der Waals surface area contributed by atoms with Gasteiger partial charge in [-0.25, -0.2) is 5.43 Å². The largest absolute Gasteiger partial charge is 0.309 e.